The second kappa shape index (κ2) is 6.23. The van der Waals surface area contributed by atoms with Gasteiger partial charge in [0, 0.05) is 6.20 Å². The molecule has 2 rings (SSSR count). The van der Waals surface area contributed by atoms with Crippen molar-refractivity contribution in [3.8, 4) is 11.6 Å². The minimum absolute atomic E-state index is 0.0577. The molecule has 0 saturated heterocycles. The van der Waals surface area contributed by atoms with Crippen LogP contribution in [0.15, 0.2) is 36.5 Å². The van der Waals surface area contributed by atoms with Gasteiger partial charge in [-0.1, -0.05) is 12.1 Å². The molecular formula is C15H12F4N2O2. The number of nitrogens with two attached hydrogens (primary N) is 1. The number of halogens is 4. The van der Waals surface area contributed by atoms with Crippen LogP contribution in [0.3, 0.4) is 0 Å². The Labute approximate surface area is 128 Å². The van der Waals surface area contributed by atoms with Gasteiger partial charge in [0.2, 0.25) is 5.91 Å². The molecule has 0 aliphatic carbocycles. The number of hydrogen-bond acceptors (Lipinski definition) is 3. The summed E-state index contributed by atoms with van der Waals surface area (Å²) in [6.07, 6.45) is -3.30. The van der Waals surface area contributed by atoms with Crippen LogP contribution in [0.2, 0.25) is 0 Å². The van der Waals surface area contributed by atoms with Crippen molar-refractivity contribution in [3.63, 3.8) is 0 Å². The minimum Gasteiger partial charge on any atom is -0.436 e. The highest BCUT2D eigenvalue weighted by molar-refractivity contribution is 5.92. The summed E-state index contributed by atoms with van der Waals surface area (Å²) in [6.45, 7) is 1.04. The molecule has 0 aliphatic heterocycles. The highest BCUT2D eigenvalue weighted by atomic mass is 19.4. The summed E-state index contributed by atoms with van der Waals surface area (Å²) in [5.41, 5.74) is 4.92. The van der Waals surface area contributed by atoms with E-state index in [2.05, 4.69) is 4.98 Å². The normalized spacial score (nSPS) is 12.7. The molecule has 0 saturated carbocycles. The molecule has 0 fully saturated rings. The van der Waals surface area contributed by atoms with Crippen molar-refractivity contribution in [1.29, 1.82) is 0 Å². The summed E-state index contributed by atoms with van der Waals surface area (Å²) >= 11 is 0. The van der Waals surface area contributed by atoms with Gasteiger partial charge in [-0.15, -0.1) is 0 Å². The number of aromatic nitrogens is 1. The smallest absolute Gasteiger partial charge is 0.395 e. The summed E-state index contributed by atoms with van der Waals surface area (Å²) in [5.74, 6) is -3.67. The van der Waals surface area contributed by atoms with E-state index in [0.717, 1.165) is 19.2 Å². The molecule has 2 aromatic rings. The van der Waals surface area contributed by atoms with Gasteiger partial charge < -0.3 is 10.5 Å². The van der Waals surface area contributed by atoms with Crippen molar-refractivity contribution < 1.29 is 27.1 Å². The predicted octanol–water partition coefficient (Wildman–Crippen LogP) is 3.78. The molecule has 122 valence electrons. The Morgan fingerprint density at radius 2 is 1.87 bits per heavy atom. The summed E-state index contributed by atoms with van der Waals surface area (Å²) < 4.78 is 56.7. The average molecular weight is 328 g/mol. The van der Waals surface area contributed by atoms with Gasteiger partial charge in [0.1, 0.15) is 5.75 Å². The molecule has 1 atom stereocenters. The Hall–Kier alpha value is -2.64. The molecule has 0 aliphatic rings. The summed E-state index contributed by atoms with van der Waals surface area (Å²) in [6, 6.07) is 5.90. The SMILES string of the molecule is CC(c1ccc(Oc2ncc(C(N)=O)cc2F)cc1)C(F)(F)F. The molecule has 23 heavy (non-hydrogen) atoms. The van der Waals surface area contributed by atoms with Crippen molar-refractivity contribution in [2.45, 2.75) is 19.0 Å². The number of carbonyl (C=O) groups is 1. The second-order valence-corrected chi connectivity index (χ2v) is 4.81. The van der Waals surface area contributed by atoms with E-state index in [1.807, 2.05) is 0 Å². The zero-order valence-corrected chi connectivity index (χ0v) is 11.9. The summed E-state index contributed by atoms with van der Waals surface area (Å²) in [4.78, 5) is 14.5. The van der Waals surface area contributed by atoms with Gasteiger partial charge in [-0.2, -0.15) is 13.2 Å². The van der Waals surface area contributed by atoms with E-state index >= 15 is 0 Å². The summed E-state index contributed by atoms with van der Waals surface area (Å²) in [5, 5.41) is 0. The van der Waals surface area contributed by atoms with Crippen molar-refractivity contribution >= 4 is 5.91 Å². The van der Waals surface area contributed by atoms with Crippen molar-refractivity contribution in [3.05, 3.63) is 53.5 Å². The Balaban J connectivity index is 2.17. The van der Waals surface area contributed by atoms with E-state index in [1.54, 1.807) is 0 Å². The predicted molar refractivity (Wildman–Crippen MR) is 73.7 cm³/mol. The third-order valence-electron chi connectivity index (χ3n) is 3.18. The topological polar surface area (TPSA) is 65.2 Å². The fraction of sp³-hybridized carbons (Fsp3) is 0.200. The van der Waals surface area contributed by atoms with E-state index in [9.17, 15) is 22.4 Å². The van der Waals surface area contributed by atoms with Crippen LogP contribution in [-0.4, -0.2) is 17.1 Å². The number of hydrogen-bond donors (Lipinski definition) is 1. The van der Waals surface area contributed by atoms with Crippen molar-refractivity contribution in [1.82, 2.24) is 4.98 Å². The van der Waals surface area contributed by atoms with Crippen LogP contribution in [0.25, 0.3) is 0 Å². The number of nitrogens with zero attached hydrogens (tertiary/aromatic N) is 1. The van der Waals surface area contributed by atoms with E-state index < -0.39 is 29.7 Å². The first-order chi connectivity index (χ1) is 10.7. The quantitative estimate of drug-likeness (QED) is 0.869. The number of amides is 1. The molecule has 0 spiro atoms. The second-order valence-electron chi connectivity index (χ2n) is 4.81. The van der Waals surface area contributed by atoms with Crippen LogP contribution < -0.4 is 10.5 Å². The van der Waals surface area contributed by atoms with Gasteiger partial charge in [0.15, 0.2) is 5.82 Å². The molecule has 1 aromatic carbocycles. The van der Waals surface area contributed by atoms with Crippen molar-refractivity contribution in [2.24, 2.45) is 5.73 Å². The Bertz CT molecular complexity index is 714. The van der Waals surface area contributed by atoms with Gasteiger partial charge in [-0.25, -0.2) is 9.37 Å². The lowest BCUT2D eigenvalue weighted by molar-refractivity contribution is -0.146. The van der Waals surface area contributed by atoms with Crippen molar-refractivity contribution in [2.75, 3.05) is 0 Å². The van der Waals surface area contributed by atoms with E-state index in [1.165, 1.54) is 24.3 Å². The highest BCUT2D eigenvalue weighted by Crippen LogP contribution is 2.35. The van der Waals surface area contributed by atoms with E-state index in [4.69, 9.17) is 10.5 Å². The molecule has 4 nitrogen and oxygen atoms in total. The van der Waals surface area contributed by atoms with Gasteiger partial charge in [0.05, 0.1) is 11.5 Å². The van der Waals surface area contributed by atoms with Gasteiger partial charge in [-0.05, 0) is 30.7 Å². The van der Waals surface area contributed by atoms with Crippen LogP contribution >= 0.6 is 0 Å². The molecule has 0 bridgehead atoms. The highest BCUT2D eigenvalue weighted by Gasteiger charge is 2.36. The zero-order valence-electron chi connectivity index (χ0n) is 11.9. The Kier molecular flexibility index (Phi) is 4.53. The molecule has 1 unspecified atom stereocenters. The molecule has 1 amide bonds. The lowest BCUT2D eigenvalue weighted by atomic mass is 10.0. The van der Waals surface area contributed by atoms with Crippen LogP contribution in [0.5, 0.6) is 11.6 Å². The largest absolute Gasteiger partial charge is 0.436 e. The molecular weight excluding hydrogens is 316 g/mol. The maximum atomic E-state index is 13.7. The van der Waals surface area contributed by atoms with E-state index in [-0.39, 0.29) is 16.9 Å². The number of pyridine rings is 1. The lowest BCUT2D eigenvalue weighted by Crippen LogP contribution is -2.17. The molecule has 2 N–H and O–H groups in total. The first kappa shape index (κ1) is 16.7. The number of primary amides is 1. The summed E-state index contributed by atoms with van der Waals surface area (Å²) in [7, 11) is 0. The van der Waals surface area contributed by atoms with Crippen LogP contribution in [0.1, 0.15) is 28.8 Å². The lowest BCUT2D eigenvalue weighted by Gasteiger charge is -2.16. The van der Waals surface area contributed by atoms with E-state index in [0.29, 0.717) is 0 Å². The third kappa shape index (κ3) is 3.97. The number of benzene rings is 1. The number of ether oxygens (including phenoxy) is 1. The van der Waals surface area contributed by atoms with Crippen LogP contribution in [-0.2, 0) is 0 Å². The number of rotatable bonds is 4. The van der Waals surface area contributed by atoms with Crippen LogP contribution in [0.4, 0.5) is 17.6 Å². The number of alkyl halides is 3. The average Bonchev–Trinajstić information content (AvgIpc) is 2.48. The first-order valence-corrected chi connectivity index (χ1v) is 6.48. The standard InChI is InChI=1S/C15H12F4N2O2/c1-8(15(17,18)19)9-2-4-11(5-3-9)23-14-12(16)6-10(7-21-14)13(20)22/h2-8H,1H3,(H2,20,22). The first-order valence-electron chi connectivity index (χ1n) is 6.48. The van der Waals surface area contributed by atoms with Gasteiger partial charge in [-0.3, -0.25) is 4.79 Å². The fourth-order valence-corrected chi connectivity index (χ4v) is 1.76. The minimum atomic E-state index is -4.35. The third-order valence-corrected chi connectivity index (χ3v) is 3.18. The monoisotopic (exact) mass is 328 g/mol. The van der Waals surface area contributed by atoms with Crippen LogP contribution in [0, 0.1) is 5.82 Å². The Morgan fingerprint density at radius 1 is 1.26 bits per heavy atom. The zero-order chi connectivity index (χ0) is 17.2. The maximum Gasteiger partial charge on any atom is 0.395 e. The fourth-order valence-electron chi connectivity index (χ4n) is 1.76. The van der Waals surface area contributed by atoms with Gasteiger partial charge in [0.25, 0.3) is 5.88 Å². The molecule has 8 heteroatoms. The number of carbonyl (C=O) groups excluding carboxylic acids is 1. The molecule has 0 radical (unpaired) electrons. The maximum absolute atomic E-state index is 13.7. The Morgan fingerprint density at radius 3 is 2.35 bits per heavy atom. The molecule has 1 aromatic heterocycles. The molecule has 1 heterocycles. The van der Waals surface area contributed by atoms with Gasteiger partial charge >= 0.3 is 6.18 Å².